The molecule has 0 bridgehead atoms. The molecule has 10 heteroatoms. The molecular formula is C32H30N4O5S. The summed E-state index contributed by atoms with van der Waals surface area (Å²) < 4.78 is 1.10. The number of thiazole rings is 1. The van der Waals surface area contributed by atoms with Crippen LogP contribution in [0.15, 0.2) is 66.7 Å². The third-order valence-electron chi connectivity index (χ3n) is 8.15. The Labute approximate surface area is 246 Å². The molecule has 1 aliphatic carbocycles. The van der Waals surface area contributed by atoms with Gasteiger partial charge in [-0.15, -0.1) is 11.3 Å². The van der Waals surface area contributed by atoms with Crippen LogP contribution < -0.4 is 4.90 Å². The van der Waals surface area contributed by atoms with Gasteiger partial charge in [-0.25, -0.2) is 9.88 Å². The topological polar surface area (TPSA) is 114 Å². The van der Waals surface area contributed by atoms with Crippen LogP contribution >= 0.6 is 11.3 Å². The van der Waals surface area contributed by atoms with E-state index in [4.69, 9.17) is 4.98 Å². The van der Waals surface area contributed by atoms with Crippen molar-refractivity contribution in [2.45, 2.75) is 64.0 Å². The maximum atomic E-state index is 13.9. The minimum Gasteiger partial charge on any atom is -0.323 e. The van der Waals surface area contributed by atoms with E-state index in [0.29, 0.717) is 5.69 Å². The molecule has 42 heavy (non-hydrogen) atoms. The number of fused-ring (bicyclic) bond motifs is 1. The summed E-state index contributed by atoms with van der Waals surface area (Å²) >= 11 is 1.59. The predicted octanol–water partition coefficient (Wildman–Crippen LogP) is 6.68. The van der Waals surface area contributed by atoms with E-state index >= 15 is 0 Å². The van der Waals surface area contributed by atoms with E-state index in [9.17, 15) is 24.5 Å². The van der Waals surface area contributed by atoms with Gasteiger partial charge in [0.05, 0.1) is 27.2 Å². The Bertz CT molecular complexity index is 1670. The zero-order valence-corrected chi connectivity index (χ0v) is 24.0. The number of carbonyl (C=O) groups is 3. The monoisotopic (exact) mass is 582 g/mol. The quantitative estimate of drug-likeness (QED) is 0.108. The number of aryl methyl sites for hydroxylation is 1. The summed E-state index contributed by atoms with van der Waals surface area (Å²) in [4.78, 5) is 59.2. The van der Waals surface area contributed by atoms with Crippen LogP contribution in [0, 0.1) is 17.0 Å². The van der Waals surface area contributed by atoms with Crippen molar-refractivity contribution in [2.75, 3.05) is 4.90 Å². The van der Waals surface area contributed by atoms with Gasteiger partial charge in [0.25, 0.3) is 17.5 Å². The van der Waals surface area contributed by atoms with Gasteiger partial charge in [-0.3, -0.25) is 24.5 Å². The van der Waals surface area contributed by atoms with Crippen LogP contribution in [0.25, 0.3) is 20.8 Å². The first kappa shape index (κ1) is 27.7. The third kappa shape index (κ3) is 5.30. The van der Waals surface area contributed by atoms with Gasteiger partial charge in [-0.1, -0.05) is 31.7 Å². The minimum atomic E-state index is -0.935. The molecule has 1 aliphatic heterocycles. The molecule has 2 fully saturated rings. The number of carbonyl (C=O) groups excluding carboxylic acids is 3. The molecule has 1 atom stereocenters. The number of nitro groups is 1. The number of rotatable bonds is 6. The fourth-order valence-electron chi connectivity index (χ4n) is 5.99. The molecule has 1 saturated carbocycles. The van der Waals surface area contributed by atoms with Crippen LogP contribution in [-0.2, 0) is 9.59 Å². The highest BCUT2D eigenvalue weighted by Gasteiger charge is 2.46. The van der Waals surface area contributed by atoms with E-state index in [0.717, 1.165) is 59.3 Å². The van der Waals surface area contributed by atoms with Crippen molar-refractivity contribution in [1.82, 2.24) is 9.88 Å². The van der Waals surface area contributed by atoms with Crippen LogP contribution in [0.5, 0.6) is 0 Å². The number of nitro benzene ring substituents is 1. The second-order valence-corrected chi connectivity index (χ2v) is 12.0. The van der Waals surface area contributed by atoms with E-state index in [1.54, 1.807) is 28.4 Å². The van der Waals surface area contributed by atoms with Gasteiger partial charge in [-0.2, -0.15) is 0 Å². The average molecular weight is 583 g/mol. The van der Waals surface area contributed by atoms with Crippen molar-refractivity contribution in [3.8, 4) is 10.6 Å². The van der Waals surface area contributed by atoms with E-state index in [-0.39, 0.29) is 35.5 Å². The van der Waals surface area contributed by atoms with Crippen molar-refractivity contribution in [2.24, 2.45) is 0 Å². The molecule has 3 aromatic carbocycles. The van der Waals surface area contributed by atoms with Gasteiger partial charge in [0.1, 0.15) is 11.0 Å². The molecule has 0 spiro atoms. The summed E-state index contributed by atoms with van der Waals surface area (Å²) in [6.45, 7) is 2.04. The minimum absolute atomic E-state index is 0.104. The lowest BCUT2D eigenvalue weighted by atomic mass is 10.0. The summed E-state index contributed by atoms with van der Waals surface area (Å²) in [7, 11) is 0. The number of aromatic nitrogens is 1. The van der Waals surface area contributed by atoms with E-state index in [1.807, 2.05) is 31.2 Å². The lowest BCUT2D eigenvalue weighted by Gasteiger charge is -2.35. The lowest BCUT2D eigenvalue weighted by molar-refractivity contribution is -0.384. The normalized spacial score (nSPS) is 17.9. The zero-order chi connectivity index (χ0) is 29.4. The summed E-state index contributed by atoms with van der Waals surface area (Å²) in [6.07, 6.45) is 5.36. The average Bonchev–Trinajstić information content (AvgIpc) is 3.40. The smallest absolute Gasteiger partial charge is 0.269 e. The van der Waals surface area contributed by atoms with Crippen LogP contribution in [0.1, 0.15) is 60.9 Å². The molecule has 4 aromatic rings. The fraction of sp³-hybridized carbons (Fsp3) is 0.312. The van der Waals surface area contributed by atoms with Crippen molar-refractivity contribution in [3.05, 3.63) is 88.0 Å². The molecular weight excluding hydrogens is 552 g/mol. The number of nitrogens with zero attached hydrogens (tertiary/aromatic N) is 4. The molecule has 2 heterocycles. The molecule has 0 radical (unpaired) electrons. The molecule has 1 aromatic heterocycles. The first-order chi connectivity index (χ1) is 20.3. The number of hydrogen-bond acceptors (Lipinski definition) is 7. The molecule has 1 unspecified atom stereocenters. The van der Waals surface area contributed by atoms with E-state index in [1.165, 1.54) is 34.7 Å². The van der Waals surface area contributed by atoms with E-state index in [2.05, 4.69) is 6.07 Å². The van der Waals surface area contributed by atoms with Crippen LogP contribution in [0.2, 0.25) is 0 Å². The number of imide groups is 1. The number of non-ortho nitro benzene ring substituents is 1. The molecule has 1 saturated heterocycles. The Kier molecular flexibility index (Phi) is 7.55. The van der Waals surface area contributed by atoms with Crippen molar-refractivity contribution < 1.29 is 19.3 Å². The largest absolute Gasteiger partial charge is 0.323 e. The molecule has 3 amide bonds. The highest BCUT2D eigenvalue weighted by Crippen LogP contribution is 2.35. The Morgan fingerprint density at radius 3 is 2.33 bits per heavy atom. The van der Waals surface area contributed by atoms with Gasteiger partial charge < -0.3 is 4.90 Å². The highest BCUT2D eigenvalue weighted by atomic mass is 32.1. The highest BCUT2D eigenvalue weighted by molar-refractivity contribution is 7.21. The Balaban J connectivity index is 1.28. The van der Waals surface area contributed by atoms with Crippen LogP contribution in [0.3, 0.4) is 0 Å². The number of anilines is 1. The second-order valence-electron chi connectivity index (χ2n) is 11.0. The number of hydrogen-bond donors (Lipinski definition) is 0. The summed E-state index contributed by atoms with van der Waals surface area (Å²) in [5.74, 6) is -1.17. The van der Waals surface area contributed by atoms with Gasteiger partial charge in [0.2, 0.25) is 5.91 Å². The maximum absolute atomic E-state index is 13.9. The SMILES string of the molecule is Cc1ccc2nc(-c3ccc(N4C(=O)CC(N(C(=O)c5ccc([N+](=O)[O-])cc5)C5CCCCCC5)C4=O)cc3)sc2c1. The van der Waals surface area contributed by atoms with E-state index < -0.39 is 16.9 Å². The molecule has 9 nitrogen and oxygen atoms in total. The first-order valence-corrected chi connectivity index (χ1v) is 15.0. The van der Waals surface area contributed by atoms with Crippen molar-refractivity contribution >= 4 is 50.6 Å². The van der Waals surface area contributed by atoms with Gasteiger partial charge >= 0.3 is 0 Å². The maximum Gasteiger partial charge on any atom is 0.269 e. The van der Waals surface area contributed by atoms with Gasteiger partial charge in [0.15, 0.2) is 0 Å². The lowest BCUT2D eigenvalue weighted by Crippen LogP contribution is -2.50. The molecule has 0 N–H and O–H groups in total. The third-order valence-corrected chi connectivity index (χ3v) is 9.22. The van der Waals surface area contributed by atoms with Crippen LogP contribution in [0.4, 0.5) is 11.4 Å². The second kappa shape index (κ2) is 11.4. The standard InChI is InChI=1S/C32H30N4O5S/c1-20-8-17-26-28(18-20)42-30(33-26)21-9-13-24(14-10-21)35-29(37)19-27(32(35)39)34(23-6-4-2-3-5-7-23)31(38)22-11-15-25(16-12-22)36(40)41/h8-18,23,27H,2-7,19H2,1H3. The van der Waals surface area contributed by atoms with Crippen molar-refractivity contribution in [3.63, 3.8) is 0 Å². The summed E-state index contributed by atoms with van der Waals surface area (Å²) in [6, 6.07) is 17.6. The molecule has 214 valence electrons. The summed E-state index contributed by atoms with van der Waals surface area (Å²) in [5.41, 5.74) is 3.58. The van der Waals surface area contributed by atoms with Crippen molar-refractivity contribution in [1.29, 1.82) is 0 Å². The Morgan fingerprint density at radius 1 is 0.976 bits per heavy atom. The Hall–Kier alpha value is -4.44. The first-order valence-electron chi connectivity index (χ1n) is 14.2. The number of benzene rings is 3. The molecule has 2 aliphatic rings. The number of amides is 3. The van der Waals surface area contributed by atoms with Gasteiger partial charge in [-0.05, 0) is 73.9 Å². The Morgan fingerprint density at radius 2 is 1.67 bits per heavy atom. The molecule has 6 rings (SSSR count). The summed E-state index contributed by atoms with van der Waals surface area (Å²) in [5, 5.41) is 12.0. The predicted molar refractivity (Wildman–Crippen MR) is 161 cm³/mol. The van der Waals surface area contributed by atoms with Gasteiger partial charge in [0, 0.05) is 29.3 Å². The van der Waals surface area contributed by atoms with Crippen LogP contribution in [-0.4, -0.2) is 44.6 Å². The zero-order valence-electron chi connectivity index (χ0n) is 23.2. The fourth-order valence-corrected chi connectivity index (χ4v) is 7.05.